The first-order chi connectivity index (χ1) is 19.0. The number of carbonyl (C=O) groups excluding carboxylic acids is 3. The number of esters is 1. The molecular formula is C31H40N2O6. The van der Waals surface area contributed by atoms with E-state index in [1.165, 1.54) is 0 Å². The Balaban J connectivity index is 2.03. The van der Waals surface area contributed by atoms with Gasteiger partial charge in [-0.3, -0.25) is 14.4 Å². The number of allylic oxidation sites excluding steroid dienone is 2. The highest BCUT2D eigenvalue weighted by molar-refractivity contribution is 5.86. The van der Waals surface area contributed by atoms with Crippen molar-refractivity contribution in [3.63, 3.8) is 0 Å². The molecule has 0 fully saturated rings. The maximum absolute atomic E-state index is 13.2. The van der Waals surface area contributed by atoms with Gasteiger partial charge >= 0.3 is 5.97 Å². The Morgan fingerprint density at radius 2 is 1.51 bits per heavy atom. The van der Waals surface area contributed by atoms with Crippen molar-refractivity contribution in [1.29, 1.82) is 0 Å². The largest absolute Gasteiger partial charge is 0.455 e. The standard InChI is InChI=1S/C31H40N2O6/c1-3-11-26(22-29(35)32-17-19-38-20-18-34)30(36)33-23-28(25-15-9-6-10-16-25)39-31(37)27(12-4-2)21-24-13-7-5-8-14-24/h3-10,13-16,26-28,34H,1-2,11-12,17-23H2,(H,32,35)(H,33,36)/t26-,27-,28-/m1/s1. The first kappa shape index (κ1) is 31.5. The SMILES string of the molecule is C=CC[C@H](CC(=O)NCCOCCO)C(=O)NC[C@@H](OC(=O)[C@H](CC=C)Cc1ccccc1)c1ccccc1. The number of carbonyl (C=O) groups is 3. The van der Waals surface area contributed by atoms with Gasteiger partial charge in [0, 0.05) is 13.0 Å². The third-order valence-electron chi connectivity index (χ3n) is 6.06. The Bertz CT molecular complexity index is 1030. The van der Waals surface area contributed by atoms with Gasteiger partial charge in [-0.1, -0.05) is 72.8 Å². The number of benzene rings is 2. The van der Waals surface area contributed by atoms with E-state index < -0.39 is 17.9 Å². The molecule has 0 heterocycles. The lowest BCUT2D eigenvalue weighted by atomic mass is 9.96. The zero-order chi connectivity index (χ0) is 28.3. The molecule has 39 heavy (non-hydrogen) atoms. The molecule has 8 nitrogen and oxygen atoms in total. The molecule has 2 aromatic carbocycles. The highest BCUT2D eigenvalue weighted by Gasteiger charge is 2.26. The average Bonchev–Trinajstić information content (AvgIpc) is 2.95. The van der Waals surface area contributed by atoms with E-state index in [-0.39, 0.29) is 57.1 Å². The summed E-state index contributed by atoms with van der Waals surface area (Å²) in [7, 11) is 0. The van der Waals surface area contributed by atoms with Gasteiger partial charge in [-0.05, 0) is 30.4 Å². The summed E-state index contributed by atoms with van der Waals surface area (Å²) in [5, 5.41) is 14.3. The predicted octanol–water partition coefficient (Wildman–Crippen LogP) is 3.53. The van der Waals surface area contributed by atoms with Gasteiger partial charge in [-0.2, -0.15) is 0 Å². The molecule has 0 radical (unpaired) electrons. The second kappa shape index (κ2) is 18.5. The molecule has 0 aliphatic rings. The summed E-state index contributed by atoms with van der Waals surface area (Å²) >= 11 is 0. The van der Waals surface area contributed by atoms with Crippen LogP contribution < -0.4 is 10.6 Å². The van der Waals surface area contributed by atoms with E-state index in [4.69, 9.17) is 14.6 Å². The van der Waals surface area contributed by atoms with Crippen LogP contribution in [0, 0.1) is 11.8 Å². The fourth-order valence-electron chi connectivity index (χ4n) is 4.04. The maximum Gasteiger partial charge on any atom is 0.310 e. The highest BCUT2D eigenvalue weighted by Crippen LogP contribution is 2.22. The topological polar surface area (TPSA) is 114 Å². The van der Waals surface area contributed by atoms with Crippen LogP contribution in [0.4, 0.5) is 0 Å². The van der Waals surface area contributed by atoms with Crippen LogP contribution in [0.5, 0.6) is 0 Å². The molecule has 2 amide bonds. The molecule has 0 unspecified atom stereocenters. The molecule has 2 rings (SSSR count). The van der Waals surface area contributed by atoms with Crippen molar-refractivity contribution in [2.24, 2.45) is 11.8 Å². The minimum atomic E-state index is -0.701. The van der Waals surface area contributed by atoms with E-state index in [9.17, 15) is 14.4 Å². The molecule has 0 saturated heterocycles. The Hall–Kier alpha value is -3.75. The summed E-state index contributed by atoms with van der Waals surface area (Å²) in [6.07, 6.45) is 3.87. The zero-order valence-corrected chi connectivity index (χ0v) is 22.4. The van der Waals surface area contributed by atoms with Crippen LogP contribution >= 0.6 is 0 Å². The molecule has 0 bridgehead atoms. The van der Waals surface area contributed by atoms with Crippen LogP contribution in [0.1, 0.15) is 36.5 Å². The monoisotopic (exact) mass is 536 g/mol. The number of aliphatic hydroxyl groups is 1. The van der Waals surface area contributed by atoms with E-state index in [1.54, 1.807) is 12.2 Å². The number of hydrogen-bond acceptors (Lipinski definition) is 6. The van der Waals surface area contributed by atoms with Crippen LogP contribution in [0.2, 0.25) is 0 Å². The number of nitrogens with one attached hydrogen (secondary N) is 2. The quantitative estimate of drug-likeness (QED) is 0.144. The average molecular weight is 537 g/mol. The molecule has 0 aliphatic heterocycles. The van der Waals surface area contributed by atoms with Crippen molar-refractivity contribution in [3.05, 3.63) is 97.1 Å². The fraction of sp³-hybridized carbons (Fsp3) is 0.387. The highest BCUT2D eigenvalue weighted by atomic mass is 16.5. The van der Waals surface area contributed by atoms with Crippen molar-refractivity contribution in [1.82, 2.24) is 10.6 Å². The second-order valence-electron chi connectivity index (χ2n) is 9.10. The molecule has 0 spiro atoms. The van der Waals surface area contributed by atoms with Crippen molar-refractivity contribution in [3.8, 4) is 0 Å². The van der Waals surface area contributed by atoms with Crippen LogP contribution in [0.3, 0.4) is 0 Å². The van der Waals surface area contributed by atoms with Gasteiger partial charge in [0.1, 0.15) is 6.10 Å². The van der Waals surface area contributed by atoms with Crippen molar-refractivity contribution in [2.45, 2.75) is 31.8 Å². The van der Waals surface area contributed by atoms with E-state index in [0.717, 1.165) is 11.1 Å². The van der Waals surface area contributed by atoms with Gasteiger partial charge in [0.05, 0.1) is 38.2 Å². The Labute approximate surface area is 231 Å². The summed E-state index contributed by atoms with van der Waals surface area (Å²) in [5.41, 5.74) is 1.78. The van der Waals surface area contributed by atoms with Gasteiger partial charge in [0.25, 0.3) is 0 Å². The zero-order valence-electron chi connectivity index (χ0n) is 22.4. The molecule has 3 atom stereocenters. The third kappa shape index (κ3) is 12.1. The smallest absolute Gasteiger partial charge is 0.310 e. The van der Waals surface area contributed by atoms with Crippen LogP contribution in [0.25, 0.3) is 0 Å². The lowest BCUT2D eigenvalue weighted by Gasteiger charge is -2.23. The van der Waals surface area contributed by atoms with Gasteiger partial charge in [-0.15, -0.1) is 13.2 Å². The molecule has 0 saturated carbocycles. The van der Waals surface area contributed by atoms with E-state index in [1.807, 2.05) is 60.7 Å². The molecule has 2 aromatic rings. The number of ether oxygens (including phenoxy) is 2. The molecule has 3 N–H and O–H groups in total. The Kier molecular flexibility index (Phi) is 14.9. The minimum absolute atomic E-state index is 0.0217. The first-order valence-electron chi connectivity index (χ1n) is 13.2. The lowest BCUT2D eigenvalue weighted by Crippen LogP contribution is -2.38. The molecule has 8 heteroatoms. The Morgan fingerprint density at radius 1 is 0.872 bits per heavy atom. The van der Waals surface area contributed by atoms with Crippen molar-refractivity contribution < 1.29 is 29.0 Å². The number of amides is 2. The second-order valence-corrected chi connectivity index (χ2v) is 9.10. The molecule has 0 aliphatic carbocycles. The van der Waals surface area contributed by atoms with Gasteiger partial charge in [0.2, 0.25) is 11.8 Å². The summed E-state index contributed by atoms with van der Waals surface area (Å²) < 4.78 is 11.1. The summed E-state index contributed by atoms with van der Waals surface area (Å²) in [6, 6.07) is 19.0. The van der Waals surface area contributed by atoms with E-state index in [2.05, 4.69) is 23.8 Å². The van der Waals surface area contributed by atoms with Gasteiger partial charge in [-0.25, -0.2) is 0 Å². The third-order valence-corrected chi connectivity index (χ3v) is 6.06. The summed E-state index contributed by atoms with van der Waals surface area (Å²) in [4.78, 5) is 38.6. The minimum Gasteiger partial charge on any atom is -0.455 e. The summed E-state index contributed by atoms with van der Waals surface area (Å²) in [5.74, 6) is -2.02. The predicted molar refractivity (Wildman–Crippen MR) is 151 cm³/mol. The fourth-order valence-corrected chi connectivity index (χ4v) is 4.04. The maximum atomic E-state index is 13.2. The normalized spacial score (nSPS) is 12.9. The van der Waals surface area contributed by atoms with Gasteiger partial charge < -0.3 is 25.2 Å². The van der Waals surface area contributed by atoms with Crippen LogP contribution in [0.15, 0.2) is 86.0 Å². The van der Waals surface area contributed by atoms with Crippen LogP contribution in [-0.4, -0.2) is 55.8 Å². The van der Waals surface area contributed by atoms with Crippen molar-refractivity contribution >= 4 is 17.8 Å². The molecular weight excluding hydrogens is 496 g/mol. The number of hydrogen-bond donors (Lipinski definition) is 3. The molecule has 0 aromatic heterocycles. The number of aliphatic hydroxyl groups excluding tert-OH is 1. The van der Waals surface area contributed by atoms with Gasteiger partial charge in [0.15, 0.2) is 0 Å². The number of rotatable bonds is 19. The first-order valence-corrected chi connectivity index (χ1v) is 13.2. The lowest BCUT2D eigenvalue weighted by molar-refractivity contribution is -0.154. The van der Waals surface area contributed by atoms with Crippen LogP contribution in [-0.2, 0) is 30.3 Å². The van der Waals surface area contributed by atoms with E-state index in [0.29, 0.717) is 19.3 Å². The summed E-state index contributed by atoms with van der Waals surface area (Å²) in [6.45, 7) is 8.22. The Morgan fingerprint density at radius 3 is 2.15 bits per heavy atom. The molecule has 210 valence electrons. The van der Waals surface area contributed by atoms with E-state index >= 15 is 0 Å². The van der Waals surface area contributed by atoms with Crippen molar-refractivity contribution in [2.75, 3.05) is 32.9 Å².